The third-order valence-corrected chi connectivity index (χ3v) is 9.50. The van der Waals surface area contributed by atoms with Crippen molar-refractivity contribution in [1.82, 2.24) is 9.80 Å². The zero-order valence-corrected chi connectivity index (χ0v) is 21.2. The molecule has 6 heteroatoms. The molecule has 2 bridgehead atoms. The summed E-state index contributed by atoms with van der Waals surface area (Å²) in [6.45, 7) is 7.58. The van der Waals surface area contributed by atoms with E-state index >= 15 is 0 Å². The Labute approximate surface area is 213 Å². The number of aliphatic hydroxyl groups is 1. The number of aromatic hydroxyl groups is 1. The summed E-state index contributed by atoms with van der Waals surface area (Å²) in [6, 6.07) is 11.8. The fourth-order valence-electron chi connectivity index (χ4n) is 7.81. The summed E-state index contributed by atoms with van der Waals surface area (Å²) in [5.41, 5.74) is 2.92. The second kappa shape index (κ2) is 8.35. The van der Waals surface area contributed by atoms with Crippen LogP contribution in [0, 0.1) is 6.92 Å². The summed E-state index contributed by atoms with van der Waals surface area (Å²) in [6.07, 6.45) is 5.38. The van der Waals surface area contributed by atoms with E-state index in [2.05, 4.69) is 36.6 Å². The van der Waals surface area contributed by atoms with E-state index in [1.165, 1.54) is 5.56 Å². The monoisotopic (exact) mass is 488 g/mol. The molecule has 1 saturated carbocycles. The maximum absolute atomic E-state index is 13.3. The van der Waals surface area contributed by atoms with Crippen molar-refractivity contribution < 1.29 is 19.7 Å². The Hall–Kier alpha value is -2.83. The van der Waals surface area contributed by atoms with E-state index in [1.807, 2.05) is 30.2 Å². The number of piperidine rings is 1. The van der Waals surface area contributed by atoms with Crippen LogP contribution in [0.5, 0.6) is 11.5 Å². The number of nitrogens with zero attached hydrogens (tertiary/aromatic N) is 2. The van der Waals surface area contributed by atoms with Crippen LogP contribution in [-0.4, -0.2) is 69.8 Å². The van der Waals surface area contributed by atoms with Gasteiger partial charge in [0.15, 0.2) is 11.5 Å². The predicted molar refractivity (Wildman–Crippen MR) is 138 cm³/mol. The van der Waals surface area contributed by atoms with Crippen molar-refractivity contribution in [3.8, 4) is 11.5 Å². The fourth-order valence-corrected chi connectivity index (χ4v) is 7.81. The second-order valence-electron chi connectivity index (χ2n) is 11.3. The Balaban J connectivity index is 1.32. The molecule has 190 valence electrons. The van der Waals surface area contributed by atoms with E-state index in [9.17, 15) is 15.0 Å². The highest BCUT2D eigenvalue weighted by Crippen LogP contribution is 2.65. The summed E-state index contributed by atoms with van der Waals surface area (Å²) in [7, 11) is 1.87. The highest BCUT2D eigenvalue weighted by atomic mass is 16.5. The van der Waals surface area contributed by atoms with Crippen molar-refractivity contribution in [2.45, 2.75) is 74.7 Å². The Kier molecular flexibility index (Phi) is 5.47. The number of hydrogen-bond donors (Lipinski definition) is 2. The van der Waals surface area contributed by atoms with Crippen molar-refractivity contribution in [2.24, 2.45) is 0 Å². The summed E-state index contributed by atoms with van der Waals surface area (Å²) < 4.78 is 6.49. The fraction of sp³-hybridized carbons (Fsp3) is 0.500. The number of likely N-dealkylation sites (tertiary alicyclic amines) is 1. The van der Waals surface area contributed by atoms with Gasteiger partial charge in [0.25, 0.3) is 0 Å². The number of carbonyl (C=O) groups excluding carboxylic acids is 1. The van der Waals surface area contributed by atoms with Gasteiger partial charge in [0.1, 0.15) is 6.10 Å². The molecule has 2 N–H and O–H groups in total. The van der Waals surface area contributed by atoms with Crippen molar-refractivity contribution in [3.63, 3.8) is 0 Å². The Morgan fingerprint density at radius 1 is 1.33 bits per heavy atom. The van der Waals surface area contributed by atoms with E-state index in [0.717, 1.165) is 29.7 Å². The summed E-state index contributed by atoms with van der Waals surface area (Å²) in [5.74, 6) is 0.774. The number of aryl methyl sites for hydroxylation is 2. The molecule has 4 aliphatic rings. The predicted octanol–water partition coefficient (Wildman–Crippen LogP) is 3.50. The lowest BCUT2D eigenvalue weighted by Gasteiger charge is -2.64. The van der Waals surface area contributed by atoms with Crippen LogP contribution in [0.3, 0.4) is 0 Å². The number of benzene rings is 2. The van der Waals surface area contributed by atoms with Crippen molar-refractivity contribution in [2.75, 3.05) is 20.1 Å². The molecule has 2 fully saturated rings. The van der Waals surface area contributed by atoms with Gasteiger partial charge in [-0.2, -0.15) is 0 Å². The molecule has 2 unspecified atom stereocenters. The van der Waals surface area contributed by atoms with Crippen LogP contribution < -0.4 is 4.74 Å². The molecule has 0 aromatic heterocycles. The van der Waals surface area contributed by atoms with Gasteiger partial charge in [-0.05, 0) is 56.3 Å². The number of carbonyl (C=O) groups is 1. The molecule has 2 aromatic rings. The highest BCUT2D eigenvalue weighted by Gasteiger charge is 2.72. The minimum atomic E-state index is -1.06. The van der Waals surface area contributed by atoms with Crippen LogP contribution in [0.4, 0.5) is 0 Å². The third kappa shape index (κ3) is 3.20. The van der Waals surface area contributed by atoms with E-state index in [-0.39, 0.29) is 29.8 Å². The van der Waals surface area contributed by atoms with Gasteiger partial charge < -0.3 is 19.8 Å². The highest BCUT2D eigenvalue weighted by molar-refractivity contribution is 5.76. The third-order valence-electron chi connectivity index (χ3n) is 9.50. The van der Waals surface area contributed by atoms with Gasteiger partial charge in [0.05, 0.1) is 11.0 Å². The van der Waals surface area contributed by atoms with Crippen molar-refractivity contribution in [1.29, 1.82) is 0 Å². The smallest absolute Gasteiger partial charge is 0.222 e. The summed E-state index contributed by atoms with van der Waals surface area (Å²) >= 11 is 0. The Bertz CT molecular complexity index is 1230. The number of phenolic OH excluding ortho intramolecular Hbond substituents is 1. The number of phenols is 1. The minimum Gasteiger partial charge on any atom is -0.504 e. The first-order chi connectivity index (χ1) is 17.3. The van der Waals surface area contributed by atoms with Gasteiger partial charge in [-0.1, -0.05) is 42.0 Å². The van der Waals surface area contributed by atoms with Crippen LogP contribution >= 0.6 is 0 Å². The van der Waals surface area contributed by atoms with Gasteiger partial charge in [-0.3, -0.25) is 9.69 Å². The summed E-state index contributed by atoms with van der Waals surface area (Å²) in [4.78, 5) is 17.5. The van der Waals surface area contributed by atoms with Gasteiger partial charge in [-0.25, -0.2) is 0 Å². The molecule has 6 nitrogen and oxygen atoms in total. The van der Waals surface area contributed by atoms with Crippen LogP contribution in [0.1, 0.15) is 47.9 Å². The lowest BCUT2D eigenvalue weighted by molar-refractivity contribution is -0.197. The normalized spacial score (nSPS) is 31.9. The van der Waals surface area contributed by atoms with Gasteiger partial charge >= 0.3 is 0 Å². The van der Waals surface area contributed by atoms with E-state index in [4.69, 9.17) is 4.74 Å². The lowest BCUT2D eigenvalue weighted by Crippen LogP contribution is -2.77. The zero-order chi connectivity index (χ0) is 25.2. The maximum Gasteiger partial charge on any atom is 0.222 e. The molecule has 6 rings (SSSR count). The molecule has 0 radical (unpaired) electrons. The molecule has 5 atom stereocenters. The first-order valence-corrected chi connectivity index (χ1v) is 13.2. The van der Waals surface area contributed by atoms with Gasteiger partial charge in [0.2, 0.25) is 5.91 Å². The second-order valence-corrected chi connectivity index (χ2v) is 11.3. The molecule has 36 heavy (non-hydrogen) atoms. The Morgan fingerprint density at radius 3 is 2.94 bits per heavy atom. The Morgan fingerprint density at radius 2 is 2.17 bits per heavy atom. The molecule has 1 amide bonds. The number of amides is 1. The molecule has 2 aliphatic carbocycles. The molecular formula is C30H36N2O4. The molecule has 1 spiro atoms. The first kappa shape index (κ1) is 23.6. The standard InChI is InChI=1S/C30H36N2O4/c1-4-13-32-14-12-29-25-17-22(31(3)26(34)11-8-20-7-5-6-19(2)15-20)18-30(29,35)24(32)16-21-9-10-23(33)28(36-25)27(21)29/h4-7,9-10,15,22,24-25,33,35H,1,8,11-14,16-18H2,2-3H3/t22?,24-,25?,29-,30-/m1/s1. The summed E-state index contributed by atoms with van der Waals surface area (Å²) in [5, 5.41) is 23.4. The van der Waals surface area contributed by atoms with Crippen LogP contribution in [-0.2, 0) is 23.1 Å². The topological polar surface area (TPSA) is 73.2 Å². The van der Waals surface area contributed by atoms with Gasteiger partial charge in [0, 0.05) is 44.1 Å². The number of hydrogen-bond acceptors (Lipinski definition) is 5. The largest absolute Gasteiger partial charge is 0.504 e. The molecule has 2 aliphatic heterocycles. The van der Waals surface area contributed by atoms with E-state index < -0.39 is 11.0 Å². The average Bonchev–Trinajstić information content (AvgIpc) is 3.19. The first-order valence-electron chi connectivity index (χ1n) is 13.2. The van der Waals surface area contributed by atoms with Crippen molar-refractivity contribution >= 4 is 5.91 Å². The van der Waals surface area contributed by atoms with E-state index in [1.54, 1.807) is 6.07 Å². The van der Waals surface area contributed by atoms with Gasteiger partial charge in [-0.15, -0.1) is 6.58 Å². The number of rotatable bonds is 6. The minimum absolute atomic E-state index is 0.0862. The van der Waals surface area contributed by atoms with Crippen LogP contribution in [0.25, 0.3) is 0 Å². The quantitative estimate of drug-likeness (QED) is 0.609. The van der Waals surface area contributed by atoms with Crippen LogP contribution in [0.2, 0.25) is 0 Å². The van der Waals surface area contributed by atoms with E-state index in [0.29, 0.717) is 44.4 Å². The molecule has 1 saturated heterocycles. The van der Waals surface area contributed by atoms with Crippen LogP contribution in [0.15, 0.2) is 49.1 Å². The molecule has 2 aromatic carbocycles. The lowest BCUT2D eigenvalue weighted by atomic mass is 9.48. The van der Waals surface area contributed by atoms with Crippen molar-refractivity contribution in [3.05, 3.63) is 71.3 Å². The molecular weight excluding hydrogens is 452 g/mol. The SMILES string of the molecule is C=CCN1CC[C@]23c4c5ccc(O)c4OC2CC(N(C)C(=O)CCc2cccc(C)c2)C[C@@]3(O)[C@H]1C5. The number of ether oxygens (including phenoxy) is 1. The maximum atomic E-state index is 13.3. The average molecular weight is 489 g/mol. The zero-order valence-electron chi connectivity index (χ0n) is 21.2. The molecule has 2 heterocycles.